The molecule has 0 spiro atoms. The van der Waals surface area contributed by atoms with Crippen molar-refractivity contribution in [3.05, 3.63) is 63.2 Å². The largest absolute Gasteiger partial charge is 0.493 e. The van der Waals surface area contributed by atoms with Gasteiger partial charge in [0.25, 0.3) is 0 Å². The number of ether oxygens (including phenoxy) is 1. The molecule has 0 amide bonds. The van der Waals surface area contributed by atoms with Crippen LogP contribution in [-0.4, -0.2) is 6.61 Å². The van der Waals surface area contributed by atoms with Crippen LogP contribution in [0.4, 0.5) is 0 Å². The Kier molecular flexibility index (Phi) is 4.08. The Balaban J connectivity index is 1.92. The van der Waals surface area contributed by atoms with Gasteiger partial charge in [0.2, 0.25) is 0 Å². The molecule has 1 aliphatic carbocycles. The third-order valence-corrected chi connectivity index (χ3v) is 5.39. The van der Waals surface area contributed by atoms with Crippen molar-refractivity contribution >= 4 is 15.9 Å². The second kappa shape index (κ2) is 5.84. The van der Waals surface area contributed by atoms with Crippen LogP contribution in [0.15, 0.2) is 46.5 Å². The molecule has 1 aromatic carbocycles. The number of allylic oxidation sites excluding steroid dienone is 5. The highest BCUT2D eigenvalue weighted by molar-refractivity contribution is 9.10. The summed E-state index contributed by atoms with van der Waals surface area (Å²) in [6, 6.07) is 2.28. The predicted molar refractivity (Wildman–Crippen MR) is 91.9 cm³/mol. The van der Waals surface area contributed by atoms with Crippen molar-refractivity contribution < 1.29 is 4.74 Å². The zero-order valence-electron chi connectivity index (χ0n) is 12.7. The van der Waals surface area contributed by atoms with Gasteiger partial charge in [0.15, 0.2) is 0 Å². The molecule has 1 atom stereocenters. The van der Waals surface area contributed by atoms with Crippen LogP contribution in [0.5, 0.6) is 5.75 Å². The van der Waals surface area contributed by atoms with Gasteiger partial charge in [-0.25, -0.2) is 0 Å². The Morgan fingerprint density at radius 1 is 1.43 bits per heavy atom. The summed E-state index contributed by atoms with van der Waals surface area (Å²) in [6.45, 7) is 9.11. The molecule has 0 radical (unpaired) electrons. The van der Waals surface area contributed by atoms with Crippen LogP contribution in [0.1, 0.15) is 30.0 Å². The van der Waals surface area contributed by atoms with Crippen molar-refractivity contribution in [1.82, 2.24) is 0 Å². The van der Waals surface area contributed by atoms with Crippen molar-refractivity contribution in [2.75, 3.05) is 6.61 Å². The first kappa shape index (κ1) is 14.6. The van der Waals surface area contributed by atoms with E-state index in [2.05, 4.69) is 54.6 Å². The van der Waals surface area contributed by atoms with Gasteiger partial charge >= 0.3 is 0 Å². The number of benzene rings is 1. The van der Waals surface area contributed by atoms with Crippen molar-refractivity contribution in [3.8, 4) is 5.75 Å². The summed E-state index contributed by atoms with van der Waals surface area (Å²) >= 11 is 3.67. The molecule has 0 bridgehead atoms. The van der Waals surface area contributed by atoms with E-state index in [1.807, 2.05) is 6.08 Å². The maximum absolute atomic E-state index is 5.82. The third kappa shape index (κ3) is 2.74. The quantitative estimate of drug-likeness (QED) is 0.721. The molecule has 0 saturated carbocycles. The van der Waals surface area contributed by atoms with Gasteiger partial charge in [-0.3, -0.25) is 0 Å². The van der Waals surface area contributed by atoms with Crippen LogP contribution in [0.25, 0.3) is 0 Å². The van der Waals surface area contributed by atoms with Crippen LogP contribution in [0.2, 0.25) is 0 Å². The molecular formula is C19H21BrO. The molecule has 110 valence electrons. The van der Waals surface area contributed by atoms with Crippen LogP contribution < -0.4 is 4.74 Å². The van der Waals surface area contributed by atoms with Crippen LogP contribution in [0.3, 0.4) is 0 Å². The molecule has 21 heavy (non-hydrogen) atoms. The monoisotopic (exact) mass is 344 g/mol. The summed E-state index contributed by atoms with van der Waals surface area (Å²) in [5, 5.41) is 0. The van der Waals surface area contributed by atoms with Gasteiger partial charge in [-0.15, -0.1) is 0 Å². The molecule has 0 fully saturated rings. The fraction of sp³-hybridized carbons (Fsp3) is 0.368. The summed E-state index contributed by atoms with van der Waals surface area (Å²) in [7, 11) is 0. The van der Waals surface area contributed by atoms with Gasteiger partial charge < -0.3 is 4.74 Å². The first-order chi connectivity index (χ1) is 10.1. The first-order valence-electron chi connectivity index (χ1n) is 7.56. The van der Waals surface area contributed by atoms with Gasteiger partial charge in [0, 0.05) is 22.0 Å². The minimum atomic E-state index is 0.570. The molecule has 2 aliphatic rings. The van der Waals surface area contributed by atoms with Gasteiger partial charge in [-0.05, 0) is 42.9 Å². The normalized spacial score (nSPS) is 20.4. The second-order valence-electron chi connectivity index (χ2n) is 6.03. The number of halogens is 1. The third-order valence-electron chi connectivity index (χ3n) is 4.56. The van der Waals surface area contributed by atoms with Crippen LogP contribution >= 0.6 is 15.9 Å². The Labute approximate surface area is 135 Å². The van der Waals surface area contributed by atoms with Crippen molar-refractivity contribution in [2.45, 2.75) is 33.1 Å². The summed E-state index contributed by atoms with van der Waals surface area (Å²) in [6.07, 6.45) is 9.65. The second-order valence-corrected chi connectivity index (χ2v) is 6.88. The fourth-order valence-corrected chi connectivity index (χ4v) is 3.77. The van der Waals surface area contributed by atoms with E-state index in [0.717, 1.165) is 36.1 Å². The van der Waals surface area contributed by atoms with Crippen LogP contribution in [-0.2, 0) is 12.8 Å². The molecule has 0 aromatic heterocycles. The van der Waals surface area contributed by atoms with Gasteiger partial charge in [-0.1, -0.05) is 53.2 Å². The molecule has 1 heterocycles. The summed E-state index contributed by atoms with van der Waals surface area (Å²) in [5.41, 5.74) is 6.89. The summed E-state index contributed by atoms with van der Waals surface area (Å²) in [5.74, 6) is 1.67. The molecule has 3 rings (SSSR count). The van der Waals surface area contributed by atoms with Crippen molar-refractivity contribution in [1.29, 1.82) is 0 Å². The predicted octanol–water partition coefficient (Wildman–Crippen LogP) is 5.31. The van der Waals surface area contributed by atoms with E-state index in [4.69, 9.17) is 4.74 Å². The van der Waals surface area contributed by atoms with E-state index in [9.17, 15) is 0 Å². The van der Waals surface area contributed by atoms with E-state index < -0.39 is 0 Å². The molecule has 0 saturated heterocycles. The average molecular weight is 345 g/mol. The molecule has 1 aromatic rings. The van der Waals surface area contributed by atoms with Crippen molar-refractivity contribution in [3.63, 3.8) is 0 Å². The average Bonchev–Trinajstić information content (AvgIpc) is 2.94. The van der Waals surface area contributed by atoms with Crippen LogP contribution in [0, 0.1) is 12.8 Å². The molecule has 0 N–H and O–H groups in total. The maximum Gasteiger partial charge on any atom is 0.126 e. The lowest BCUT2D eigenvalue weighted by Gasteiger charge is -2.21. The molecule has 2 heteroatoms. The SMILES string of the molecule is C=CC1=CC=C(Cc2cc(Br)c(C)c3c2CCO3)CC1C. The smallest absolute Gasteiger partial charge is 0.126 e. The lowest BCUT2D eigenvalue weighted by molar-refractivity contribution is 0.354. The van der Waals surface area contributed by atoms with Crippen molar-refractivity contribution in [2.24, 2.45) is 5.92 Å². The topological polar surface area (TPSA) is 9.23 Å². The Bertz CT molecular complexity index is 652. The number of hydrogen-bond acceptors (Lipinski definition) is 1. The van der Waals surface area contributed by atoms with E-state index >= 15 is 0 Å². The number of hydrogen-bond donors (Lipinski definition) is 0. The van der Waals surface area contributed by atoms with Gasteiger partial charge in [-0.2, -0.15) is 0 Å². The number of rotatable bonds is 3. The van der Waals surface area contributed by atoms with Gasteiger partial charge in [0.1, 0.15) is 5.75 Å². The highest BCUT2D eigenvalue weighted by atomic mass is 79.9. The summed E-state index contributed by atoms with van der Waals surface area (Å²) in [4.78, 5) is 0. The van der Waals surface area contributed by atoms with E-state index in [-0.39, 0.29) is 0 Å². The molecular weight excluding hydrogens is 324 g/mol. The summed E-state index contributed by atoms with van der Waals surface area (Å²) < 4.78 is 6.98. The zero-order valence-corrected chi connectivity index (χ0v) is 14.3. The van der Waals surface area contributed by atoms with Gasteiger partial charge in [0.05, 0.1) is 6.61 Å². The zero-order chi connectivity index (χ0) is 15.0. The lowest BCUT2D eigenvalue weighted by Crippen LogP contribution is -2.06. The Hall–Kier alpha value is -1.28. The number of fused-ring (bicyclic) bond motifs is 1. The van der Waals surface area contributed by atoms with E-state index in [1.165, 1.54) is 27.8 Å². The molecule has 1 aliphatic heterocycles. The van der Waals surface area contributed by atoms with E-state index in [1.54, 1.807) is 0 Å². The molecule has 1 unspecified atom stereocenters. The Morgan fingerprint density at radius 2 is 2.24 bits per heavy atom. The first-order valence-corrected chi connectivity index (χ1v) is 8.35. The maximum atomic E-state index is 5.82. The highest BCUT2D eigenvalue weighted by Crippen LogP contribution is 2.38. The lowest BCUT2D eigenvalue weighted by atomic mass is 9.85. The standard InChI is InChI=1S/C19H21BrO/c1-4-15-6-5-14(9-12(15)2)10-16-11-18(20)13(3)19-17(16)7-8-21-19/h4-6,11-12H,1,7-10H2,2-3H3. The fourth-order valence-electron chi connectivity index (χ4n) is 3.31. The Morgan fingerprint density at radius 3 is 2.95 bits per heavy atom. The van der Waals surface area contributed by atoms with E-state index in [0.29, 0.717) is 5.92 Å². The molecule has 1 nitrogen and oxygen atoms in total. The minimum absolute atomic E-state index is 0.570. The highest BCUT2D eigenvalue weighted by Gasteiger charge is 2.22. The minimum Gasteiger partial charge on any atom is -0.493 e.